The van der Waals surface area contributed by atoms with Crippen LogP contribution in [0.15, 0.2) is 4.99 Å². The zero-order valence-electron chi connectivity index (χ0n) is 3.65. The summed E-state index contributed by atoms with van der Waals surface area (Å²) in [5, 5.41) is 0. The molecule has 0 fully saturated rings. The first kappa shape index (κ1) is 4.67. The molecule has 0 saturated heterocycles. The van der Waals surface area contributed by atoms with Crippen LogP contribution < -0.4 is 0 Å². The zero-order chi connectivity index (χ0) is 4.28. The highest BCUT2D eigenvalue weighted by atomic mass is 14.7. The second-order valence-corrected chi connectivity index (χ2v) is 0.959. The van der Waals surface area contributed by atoms with Gasteiger partial charge in [0.15, 0.2) is 0 Å². The molecular weight excluding hydrogens is 62.1 g/mol. The number of hydrogen-bond acceptors (Lipinski definition) is 1. The molecule has 0 aromatic carbocycles. The van der Waals surface area contributed by atoms with Gasteiger partial charge < -0.3 is 0 Å². The minimum Gasteiger partial charge on any atom is -0.298 e. The lowest BCUT2D eigenvalue weighted by Crippen LogP contribution is -1.74. The molecule has 1 nitrogen and oxygen atoms in total. The Morgan fingerprint density at radius 1 is 1.80 bits per heavy atom. The molecule has 0 unspecified atom stereocenters. The van der Waals surface area contributed by atoms with E-state index in [-0.39, 0.29) is 0 Å². The van der Waals surface area contributed by atoms with E-state index < -0.39 is 0 Å². The summed E-state index contributed by atoms with van der Waals surface area (Å²) in [4.78, 5) is 3.69. The highest BCUT2D eigenvalue weighted by molar-refractivity contribution is 5.85. The van der Waals surface area contributed by atoms with Gasteiger partial charge in [0, 0.05) is 12.8 Å². The molecule has 0 heterocycles. The summed E-state index contributed by atoms with van der Waals surface area (Å²) in [5.41, 5.74) is 0.880. The van der Waals surface area contributed by atoms with Crippen LogP contribution in [0.25, 0.3) is 0 Å². The first-order valence-corrected chi connectivity index (χ1v) is 1.52. The predicted molar refractivity (Wildman–Crippen MR) is 24.4 cm³/mol. The number of rotatable bonds is 0. The second-order valence-electron chi connectivity index (χ2n) is 0.959. The van der Waals surface area contributed by atoms with Crippen LogP contribution in [0.4, 0.5) is 0 Å². The fourth-order valence-corrected chi connectivity index (χ4v) is 0. The van der Waals surface area contributed by atoms with Gasteiger partial charge in [-0.1, -0.05) is 0 Å². The van der Waals surface area contributed by atoms with Crippen molar-refractivity contribution in [3.63, 3.8) is 0 Å². The fraction of sp³-hybridized carbons (Fsp3) is 0.500. The zero-order valence-corrected chi connectivity index (χ0v) is 3.65. The summed E-state index contributed by atoms with van der Waals surface area (Å²) in [6.45, 7) is 5.37. The Kier molecular flexibility index (Phi) is 1.81. The van der Waals surface area contributed by atoms with E-state index in [1.54, 1.807) is 7.05 Å². The Balaban J connectivity index is 3.14. The molecule has 0 aliphatic carbocycles. The third-order valence-corrected chi connectivity index (χ3v) is 0.382. The molecule has 0 spiro atoms. The molecule has 0 amide bonds. The van der Waals surface area contributed by atoms with Gasteiger partial charge in [0.05, 0.1) is 0 Å². The largest absolute Gasteiger partial charge is 0.298 e. The van der Waals surface area contributed by atoms with E-state index in [0.717, 1.165) is 5.71 Å². The maximum Gasteiger partial charge on any atom is 0.0276 e. The number of hydrogen-bond donors (Lipinski definition) is 0. The van der Waals surface area contributed by atoms with Gasteiger partial charge in [-0.25, -0.2) is 0 Å². The van der Waals surface area contributed by atoms with E-state index in [0.29, 0.717) is 0 Å². The predicted octanol–water partition coefficient (Wildman–Crippen LogP) is 0.911. The minimum atomic E-state index is 0.880. The summed E-state index contributed by atoms with van der Waals surface area (Å²) in [7, 11) is 1.72. The van der Waals surface area contributed by atoms with Crippen molar-refractivity contribution in [3.8, 4) is 0 Å². The maximum absolute atomic E-state index is 3.69. The van der Waals surface area contributed by atoms with Gasteiger partial charge in [-0.3, -0.25) is 4.99 Å². The molecule has 5 heavy (non-hydrogen) atoms. The van der Waals surface area contributed by atoms with Crippen molar-refractivity contribution in [2.75, 3.05) is 7.05 Å². The number of aliphatic imine (C=N–C) groups is 1. The summed E-state index contributed by atoms with van der Waals surface area (Å²) in [6.07, 6.45) is 0. The van der Waals surface area contributed by atoms with E-state index in [1.165, 1.54) is 0 Å². The van der Waals surface area contributed by atoms with Crippen LogP contribution in [0.5, 0.6) is 0 Å². The van der Waals surface area contributed by atoms with E-state index in [4.69, 9.17) is 0 Å². The van der Waals surface area contributed by atoms with Crippen molar-refractivity contribution in [3.05, 3.63) is 6.92 Å². The first-order chi connectivity index (χ1) is 2.27. The van der Waals surface area contributed by atoms with Gasteiger partial charge >= 0.3 is 0 Å². The summed E-state index contributed by atoms with van der Waals surface area (Å²) in [5.74, 6) is 0. The van der Waals surface area contributed by atoms with Crippen molar-refractivity contribution in [2.45, 2.75) is 6.92 Å². The van der Waals surface area contributed by atoms with Crippen molar-refractivity contribution in [1.82, 2.24) is 0 Å². The van der Waals surface area contributed by atoms with E-state index in [9.17, 15) is 0 Å². The third-order valence-electron chi connectivity index (χ3n) is 0.382. The first-order valence-electron chi connectivity index (χ1n) is 1.52. The lowest BCUT2D eigenvalue weighted by Gasteiger charge is -1.73. The highest BCUT2D eigenvalue weighted by Gasteiger charge is 1.62. The van der Waals surface area contributed by atoms with Crippen LogP contribution in [0.2, 0.25) is 0 Å². The third kappa shape index (κ3) is 3.67. The highest BCUT2D eigenvalue weighted by Crippen LogP contribution is 1.62. The molecule has 1 radical (unpaired) electrons. The maximum atomic E-state index is 3.69. The van der Waals surface area contributed by atoms with Crippen LogP contribution >= 0.6 is 0 Å². The summed E-state index contributed by atoms with van der Waals surface area (Å²) < 4.78 is 0. The molecular formula is C4H8N. The molecule has 0 aliphatic rings. The lowest BCUT2D eigenvalue weighted by molar-refractivity contribution is 1.43. The minimum absolute atomic E-state index is 0.880. The summed E-state index contributed by atoms with van der Waals surface area (Å²) in [6, 6.07) is 0. The fourth-order valence-electron chi connectivity index (χ4n) is 0. The Bertz CT molecular complexity index is 41.6. The Labute approximate surface area is 32.7 Å². The van der Waals surface area contributed by atoms with Crippen molar-refractivity contribution < 1.29 is 0 Å². The normalized spacial score (nSPS) is 12.2. The molecule has 0 atom stereocenters. The van der Waals surface area contributed by atoms with Crippen molar-refractivity contribution in [1.29, 1.82) is 0 Å². The van der Waals surface area contributed by atoms with E-state index in [1.807, 2.05) is 6.92 Å². The molecule has 0 saturated carbocycles. The molecule has 0 aromatic heterocycles. The van der Waals surface area contributed by atoms with Crippen LogP contribution in [-0.4, -0.2) is 12.8 Å². The smallest absolute Gasteiger partial charge is 0.0276 e. The van der Waals surface area contributed by atoms with Gasteiger partial charge in [0.2, 0.25) is 0 Å². The van der Waals surface area contributed by atoms with Gasteiger partial charge in [0.25, 0.3) is 0 Å². The Hall–Kier alpha value is -0.330. The molecule has 0 aliphatic heterocycles. The average Bonchev–Trinajstić information content (AvgIpc) is 1.38. The van der Waals surface area contributed by atoms with Gasteiger partial charge in [0.1, 0.15) is 0 Å². The topological polar surface area (TPSA) is 12.4 Å². The van der Waals surface area contributed by atoms with Gasteiger partial charge in [-0.2, -0.15) is 0 Å². The van der Waals surface area contributed by atoms with Crippen molar-refractivity contribution >= 4 is 5.71 Å². The molecule has 0 N–H and O–H groups in total. The lowest BCUT2D eigenvalue weighted by atomic mass is 10.5. The summed E-state index contributed by atoms with van der Waals surface area (Å²) >= 11 is 0. The van der Waals surface area contributed by atoms with Crippen LogP contribution in [-0.2, 0) is 0 Å². The van der Waals surface area contributed by atoms with E-state index >= 15 is 0 Å². The average molecular weight is 70.1 g/mol. The molecule has 0 rings (SSSR count). The van der Waals surface area contributed by atoms with Crippen molar-refractivity contribution in [2.24, 2.45) is 4.99 Å². The Morgan fingerprint density at radius 3 is 2.00 bits per heavy atom. The van der Waals surface area contributed by atoms with Crippen LogP contribution in [0, 0.1) is 6.92 Å². The number of nitrogens with zero attached hydrogens (tertiary/aromatic N) is 1. The van der Waals surface area contributed by atoms with E-state index in [2.05, 4.69) is 11.9 Å². The van der Waals surface area contributed by atoms with Gasteiger partial charge in [-0.05, 0) is 13.8 Å². The monoisotopic (exact) mass is 70.1 g/mol. The van der Waals surface area contributed by atoms with Crippen LogP contribution in [0.1, 0.15) is 6.92 Å². The molecule has 1 heteroatoms. The quantitative estimate of drug-likeness (QED) is 0.376. The molecule has 0 aromatic rings. The molecule has 0 bridgehead atoms. The van der Waals surface area contributed by atoms with Gasteiger partial charge in [-0.15, -0.1) is 0 Å². The molecule has 29 valence electrons. The second kappa shape index (κ2) is 1.94. The standard InChI is InChI=1S/C4H8N/c1-4(2)5-3/h1H2,2-3H3. The van der Waals surface area contributed by atoms with Crippen LogP contribution in [0.3, 0.4) is 0 Å². The Morgan fingerprint density at radius 2 is 2.00 bits per heavy atom. The SMILES string of the molecule is [CH2]C(C)=NC.